The van der Waals surface area contributed by atoms with E-state index in [4.69, 9.17) is 11.6 Å². The van der Waals surface area contributed by atoms with Crippen molar-refractivity contribution in [3.05, 3.63) is 59.5 Å². The fourth-order valence-electron chi connectivity index (χ4n) is 1.39. The van der Waals surface area contributed by atoms with Crippen LogP contribution in [0.5, 0.6) is 0 Å². The molecule has 1 aromatic heterocycles. The molecule has 0 aliphatic carbocycles. The standard InChI is InChI=1S/C11H6BrClFIN2O/c12-7-3-6(1-2-8(7)14)4-17-5-16-10(13)9(15)11(17)18/h1-3,5H,4H2. The van der Waals surface area contributed by atoms with E-state index in [0.717, 1.165) is 5.56 Å². The molecule has 2 aromatic rings. The van der Waals surface area contributed by atoms with Crippen LogP contribution in [0.2, 0.25) is 5.15 Å². The molecule has 0 fully saturated rings. The summed E-state index contributed by atoms with van der Waals surface area (Å²) in [6.07, 6.45) is 1.38. The molecule has 0 saturated carbocycles. The number of halogens is 4. The first-order valence-electron chi connectivity index (χ1n) is 4.83. The molecule has 0 spiro atoms. The van der Waals surface area contributed by atoms with Gasteiger partial charge in [-0.15, -0.1) is 0 Å². The normalized spacial score (nSPS) is 10.7. The second kappa shape index (κ2) is 5.66. The van der Waals surface area contributed by atoms with Crippen molar-refractivity contribution in [1.82, 2.24) is 9.55 Å². The summed E-state index contributed by atoms with van der Waals surface area (Å²) in [5, 5.41) is 0.192. The third-order valence-corrected chi connectivity index (χ3v) is 4.46. The van der Waals surface area contributed by atoms with Gasteiger partial charge >= 0.3 is 0 Å². The minimum absolute atomic E-state index is 0.192. The van der Waals surface area contributed by atoms with Crippen LogP contribution < -0.4 is 5.56 Å². The van der Waals surface area contributed by atoms with Crippen molar-refractivity contribution in [2.24, 2.45) is 0 Å². The highest BCUT2D eigenvalue weighted by molar-refractivity contribution is 14.1. The summed E-state index contributed by atoms with van der Waals surface area (Å²) < 4.78 is 15.2. The van der Waals surface area contributed by atoms with Crippen molar-refractivity contribution < 1.29 is 4.39 Å². The van der Waals surface area contributed by atoms with Gasteiger partial charge < -0.3 is 0 Å². The lowest BCUT2D eigenvalue weighted by molar-refractivity contribution is 0.619. The minimum Gasteiger partial charge on any atom is -0.294 e. The Balaban J connectivity index is 2.37. The van der Waals surface area contributed by atoms with E-state index in [-0.39, 0.29) is 16.5 Å². The molecule has 0 saturated heterocycles. The summed E-state index contributed by atoms with van der Waals surface area (Å²) in [7, 11) is 0. The number of rotatable bonds is 2. The highest BCUT2D eigenvalue weighted by Crippen LogP contribution is 2.17. The van der Waals surface area contributed by atoms with Gasteiger partial charge in [-0.25, -0.2) is 9.37 Å². The first-order chi connectivity index (χ1) is 8.49. The van der Waals surface area contributed by atoms with Gasteiger partial charge in [0.05, 0.1) is 17.3 Å². The fraction of sp³-hybridized carbons (Fsp3) is 0.0909. The van der Waals surface area contributed by atoms with Crippen molar-refractivity contribution in [3.8, 4) is 0 Å². The zero-order valence-electron chi connectivity index (χ0n) is 8.83. The van der Waals surface area contributed by atoms with Crippen LogP contribution >= 0.6 is 50.1 Å². The highest BCUT2D eigenvalue weighted by atomic mass is 127. The number of aromatic nitrogens is 2. The lowest BCUT2D eigenvalue weighted by Gasteiger charge is -2.07. The molecule has 2 rings (SSSR count). The summed E-state index contributed by atoms with van der Waals surface area (Å²) in [4.78, 5) is 15.8. The first-order valence-corrected chi connectivity index (χ1v) is 7.08. The van der Waals surface area contributed by atoms with Crippen LogP contribution in [0.25, 0.3) is 0 Å². The Kier molecular flexibility index (Phi) is 4.39. The van der Waals surface area contributed by atoms with Gasteiger partial charge in [0.25, 0.3) is 5.56 Å². The first kappa shape index (κ1) is 14.0. The zero-order chi connectivity index (χ0) is 13.3. The Labute approximate surface area is 129 Å². The Bertz CT molecular complexity index is 662. The molecule has 1 aromatic carbocycles. The molecule has 0 atom stereocenters. The molecule has 3 nitrogen and oxygen atoms in total. The van der Waals surface area contributed by atoms with Gasteiger partial charge in [0.15, 0.2) is 0 Å². The fourth-order valence-corrected chi connectivity index (χ4v) is 2.39. The van der Waals surface area contributed by atoms with Gasteiger partial charge in [0.2, 0.25) is 0 Å². The van der Waals surface area contributed by atoms with Crippen LogP contribution in [0.3, 0.4) is 0 Å². The van der Waals surface area contributed by atoms with E-state index in [2.05, 4.69) is 20.9 Å². The third-order valence-electron chi connectivity index (χ3n) is 2.28. The van der Waals surface area contributed by atoms with Crippen LogP contribution in [-0.4, -0.2) is 9.55 Å². The van der Waals surface area contributed by atoms with E-state index in [1.165, 1.54) is 17.0 Å². The van der Waals surface area contributed by atoms with Gasteiger partial charge in [0.1, 0.15) is 14.5 Å². The maximum absolute atomic E-state index is 13.1. The zero-order valence-corrected chi connectivity index (χ0v) is 13.3. The van der Waals surface area contributed by atoms with E-state index in [9.17, 15) is 9.18 Å². The van der Waals surface area contributed by atoms with Crippen LogP contribution in [0, 0.1) is 9.39 Å². The summed E-state index contributed by atoms with van der Waals surface area (Å²) in [5.74, 6) is -0.338. The number of benzene rings is 1. The largest absolute Gasteiger partial charge is 0.294 e. The van der Waals surface area contributed by atoms with E-state index in [1.807, 2.05) is 22.6 Å². The minimum atomic E-state index is -0.338. The Morgan fingerprint density at radius 3 is 2.89 bits per heavy atom. The molecule has 18 heavy (non-hydrogen) atoms. The lowest BCUT2D eigenvalue weighted by atomic mass is 10.2. The molecule has 0 N–H and O–H groups in total. The molecule has 1 heterocycles. The van der Waals surface area contributed by atoms with Crippen LogP contribution in [0.4, 0.5) is 4.39 Å². The van der Waals surface area contributed by atoms with Crippen molar-refractivity contribution in [3.63, 3.8) is 0 Å². The average molecular weight is 443 g/mol. The molecule has 0 unspecified atom stereocenters. The highest BCUT2D eigenvalue weighted by Gasteiger charge is 2.08. The number of hydrogen-bond donors (Lipinski definition) is 0. The quantitative estimate of drug-likeness (QED) is 0.527. The van der Waals surface area contributed by atoms with E-state index in [0.29, 0.717) is 14.6 Å². The molecule has 0 radical (unpaired) electrons. The molecule has 0 aliphatic heterocycles. The van der Waals surface area contributed by atoms with E-state index >= 15 is 0 Å². The van der Waals surface area contributed by atoms with Gasteiger partial charge in [-0.2, -0.15) is 0 Å². The number of nitrogens with zero attached hydrogens (tertiary/aromatic N) is 2. The second-order valence-corrected chi connectivity index (χ2v) is 5.82. The van der Waals surface area contributed by atoms with Gasteiger partial charge in [-0.1, -0.05) is 17.7 Å². The van der Waals surface area contributed by atoms with Gasteiger partial charge in [-0.3, -0.25) is 9.36 Å². The number of hydrogen-bond acceptors (Lipinski definition) is 2. The lowest BCUT2D eigenvalue weighted by Crippen LogP contribution is -2.23. The van der Waals surface area contributed by atoms with Crippen molar-refractivity contribution in [2.45, 2.75) is 6.54 Å². The van der Waals surface area contributed by atoms with E-state index in [1.54, 1.807) is 12.1 Å². The molecule has 0 bridgehead atoms. The predicted octanol–water partition coefficient (Wildman–Crippen LogP) is 3.45. The Hall–Kier alpha value is -0.470. The van der Waals surface area contributed by atoms with Crippen LogP contribution in [0.15, 0.2) is 33.8 Å². The molecule has 94 valence electrons. The maximum atomic E-state index is 13.1. The monoisotopic (exact) mass is 442 g/mol. The van der Waals surface area contributed by atoms with Crippen molar-refractivity contribution >= 4 is 50.1 Å². The van der Waals surface area contributed by atoms with Crippen molar-refractivity contribution in [2.75, 3.05) is 0 Å². The van der Waals surface area contributed by atoms with Crippen molar-refractivity contribution in [1.29, 1.82) is 0 Å². The second-order valence-electron chi connectivity index (χ2n) is 3.53. The third kappa shape index (κ3) is 2.92. The Morgan fingerprint density at radius 1 is 1.50 bits per heavy atom. The summed E-state index contributed by atoms with van der Waals surface area (Å²) >= 11 is 10.7. The Morgan fingerprint density at radius 2 is 2.22 bits per heavy atom. The molecule has 7 heteroatoms. The molecular weight excluding hydrogens is 437 g/mol. The summed E-state index contributed by atoms with van der Waals surface area (Å²) in [5.41, 5.74) is 0.585. The maximum Gasteiger partial charge on any atom is 0.268 e. The smallest absolute Gasteiger partial charge is 0.268 e. The SMILES string of the molecule is O=c1c(I)c(Cl)ncn1Cc1ccc(F)c(Br)c1. The topological polar surface area (TPSA) is 34.9 Å². The summed E-state index contributed by atoms with van der Waals surface area (Å²) in [6.45, 7) is 0.317. The van der Waals surface area contributed by atoms with Crippen LogP contribution in [0.1, 0.15) is 5.56 Å². The molecule has 0 aliphatic rings. The van der Waals surface area contributed by atoms with E-state index < -0.39 is 0 Å². The average Bonchev–Trinajstić information content (AvgIpc) is 2.34. The van der Waals surface area contributed by atoms with Gasteiger partial charge in [0, 0.05) is 0 Å². The summed E-state index contributed by atoms with van der Waals surface area (Å²) in [6, 6.07) is 4.59. The van der Waals surface area contributed by atoms with Gasteiger partial charge in [-0.05, 0) is 56.2 Å². The molecule has 0 amide bonds. The molecular formula is C11H6BrClFIN2O. The predicted molar refractivity (Wildman–Crippen MR) is 79.4 cm³/mol. The van der Waals surface area contributed by atoms with Crippen LogP contribution in [-0.2, 0) is 6.54 Å².